The van der Waals surface area contributed by atoms with Gasteiger partial charge in [0, 0.05) is 0 Å². The molecule has 0 atom stereocenters. The molecule has 0 aliphatic carbocycles. The lowest BCUT2D eigenvalue weighted by atomic mass is 10.1. The predicted molar refractivity (Wildman–Crippen MR) is 145 cm³/mol. The van der Waals surface area contributed by atoms with Crippen LogP contribution in [0.1, 0.15) is 5.56 Å². The minimum absolute atomic E-state index is 0.00264. The molecular weight excluding hydrogens is 524 g/mol. The van der Waals surface area contributed by atoms with Crippen molar-refractivity contribution < 1.29 is 33.1 Å². The maximum atomic E-state index is 13.4. The molecule has 0 unspecified atom stereocenters. The first kappa shape index (κ1) is 26.3. The number of thioether (sulfide) groups is 1. The van der Waals surface area contributed by atoms with Crippen LogP contribution >= 0.6 is 11.8 Å². The lowest BCUT2D eigenvalue weighted by molar-refractivity contribution is -0.759. The second-order valence-electron chi connectivity index (χ2n) is 8.40. The monoisotopic (exact) mass is 551 g/mol. The Morgan fingerprint density at radius 2 is 1.90 bits per heavy atom. The summed E-state index contributed by atoms with van der Waals surface area (Å²) in [6.45, 7) is 2.53. The van der Waals surface area contributed by atoms with Crippen LogP contribution in [0.3, 0.4) is 0 Å². The number of amidine groups is 1. The van der Waals surface area contributed by atoms with Gasteiger partial charge in [0.05, 0.1) is 56.8 Å². The molecule has 1 N–H and O–H groups in total. The highest BCUT2D eigenvalue weighted by atomic mass is 32.2. The topological polar surface area (TPSA) is 123 Å². The summed E-state index contributed by atoms with van der Waals surface area (Å²) in [5.41, 5.74) is 1.60. The van der Waals surface area contributed by atoms with Crippen molar-refractivity contribution in [2.24, 2.45) is 4.99 Å². The zero-order valence-electron chi connectivity index (χ0n) is 21.4. The molecule has 1 fully saturated rings. The summed E-state index contributed by atoms with van der Waals surface area (Å²) in [4.78, 5) is 33.8. The summed E-state index contributed by atoms with van der Waals surface area (Å²) in [6, 6.07) is 14.5. The molecule has 1 aromatic heterocycles. The third-order valence-corrected chi connectivity index (χ3v) is 6.82. The first-order valence-corrected chi connectivity index (χ1v) is 13.1. The van der Waals surface area contributed by atoms with E-state index >= 15 is 0 Å². The molecule has 0 spiro atoms. The molecule has 2 amide bonds. The highest BCUT2D eigenvalue weighted by molar-refractivity contribution is 8.14. The van der Waals surface area contributed by atoms with E-state index in [2.05, 4.69) is 15.6 Å². The van der Waals surface area contributed by atoms with Gasteiger partial charge < -0.3 is 14.2 Å². The number of methoxy groups -OCH3 is 2. The van der Waals surface area contributed by atoms with Crippen LogP contribution in [0.2, 0.25) is 0 Å². The van der Waals surface area contributed by atoms with Gasteiger partial charge >= 0.3 is 5.88 Å². The molecule has 0 radical (unpaired) electrons. The maximum Gasteiger partial charge on any atom is 0.305 e. The van der Waals surface area contributed by atoms with Gasteiger partial charge in [-0.05, 0) is 35.9 Å². The summed E-state index contributed by atoms with van der Waals surface area (Å²) in [5, 5.41) is 8.98. The highest BCUT2D eigenvalue weighted by Crippen LogP contribution is 2.32. The van der Waals surface area contributed by atoms with E-state index < -0.39 is 0 Å². The first-order valence-electron chi connectivity index (χ1n) is 12.1. The van der Waals surface area contributed by atoms with Gasteiger partial charge in [0.1, 0.15) is 5.70 Å². The zero-order chi connectivity index (χ0) is 27.2. The number of aliphatic imine (C=N–C) groups is 1. The summed E-state index contributed by atoms with van der Waals surface area (Å²) < 4.78 is 21.3. The summed E-state index contributed by atoms with van der Waals surface area (Å²) in [5.74, 6) is 0.695. The number of rotatable bonds is 8. The third-order valence-electron chi connectivity index (χ3n) is 5.88. The number of ether oxygens (including phenoxy) is 3. The Labute approximate surface area is 228 Å². The number of benzene rings is 2. The zero-order valence-corrected chi connectivity index (χ0v) is 22.2. The van der Waals surface area contributed by atoms with Gasteiger partial charge in [-0.2, -0.15) is 0 Å². The van der Waals surface area contributed by atoms with Gasteiger partial charge in [0.25, 0.3) is 12.1 Å². The molecule has 12 nitrogen and oxygen atoms in total. The minimum atomic E-state index is -0.328. The number of anilines is 2. The number of amides is 2. The molecule has 3 heterocycles. The van der Waals surface area contributed by atoms with E-state index in [1.54, 1.807) is 43.4 Å². The Bertz CT molecular complexity index is 1400. The number of nitrogens with zero attached hydrogens (tertiary/aromatic N) is 5. The molecule has 0 saturated carbocycles. The molecule has 2 aromatic carbocycles. The normalized spacial score (nSPS) is 16.4. The van der Waals surface area contributed by atoms with Gasteiger partial charge in [-0.15, -0.1) is 5.01 Å². The van der Waals surface area contributed by atoms with Gasteiger partial charge in [0.15, 0.2) is 16.7 Å². The fourth-order valence-corrected chi connectivity index (χ4v) is 4.80. The van der Waals surface area contributed by atoms with Crippen molar-refractivity contribution in [2.75, 3.05) is 61.5 Å². The van der Waals surface area contributed by atoms with Crippen LogP contribution in [0.5, 0.6) is 11.5 Å². The fourth-order valence-electron chi connectivity index (χ4n) is 3.99. The van der Waals surface area contributed by atoms with Crippen molar-refractivity contribution in [1.29, 1.82) is 0 Å². The summed E-state index contributed by atoms with van der Waals surface area (Å²) in [7, 11) is 3.11. The molecule has 2 aliphatic rings. The number of carbonyl (C=O) groups is 2. The lowest BCUT2D eigenvalue weighted by Gasteiger charge is -2.18. The van der Waals surface area contributed by atoms with Gasteiger partial charge in [-0.25, -0.2) is 4.99 Å². The molecule has 39 heavy (non-hydrogen) atoms. The van der Waals surface area contributed by atoms with Gasteiger partial charge in [-0.1, -0.05) is 36.0 Å². The van der Waals surface area contributed by atoms with Crippen LogP contribution in [-0.4, -0.2) is 68.5 Å². The van der Waals surface area contributed by atoms with E-state index in [1.165, 1.54) is 4.90 Å². The smallest absolute Gasteiger partial charge is 0.305 e. The van der Waals surface area contributed by atoms with Crippen LogP contribution in [0.25, 0.3) is 6.08 Å². The van der Waals surface area contributed by atoms with E-state index in [0.29, 0.717) is 48.7 Å². The Morgan fingerprint density at radius 1 is 1.13 bits per heavy atom. The Morgan fingerprint density at radius 3 is 2.64 bits per heavy atom. The SMILES string of the molecule is COc1ccc(/C=C2/N=C(SCC(=O)Nc3c[n+](N4CCOCC4)no3)N(c3ccccc3)C2=O)cc1OC. The number of para-hydroxylation sites is 1. The lowest BCUT2D eigenvalue weighted by Crippen LogP contribution is -2.62. The minimum Gasteiger partial charge on any atom is -0.493 e. The second-order valence-corrected chi connectivity index (χ2v) is 9.35. The molecule has 1 saturated heterocycles. The van der Waals surface area contributed by atoms with Crippen LogP contribution in [0.4, 0.5) is 11.6 Å². The molecule has 2 aliphatic heterocycles. The average molecular weight is 552 g/mol. The molecule has 202 valence electrons. The van der Waals surface area contributed by atoms with Crippen molar-refractivity contribution in [3.63, 3.8) is 0 Å². The van der Waals surface area contributed by atoms with Crippen molar-refractivity contribution in [1.82, 2.24) is 5.27 Å². The fraction of sp³-hybridized carbons (Fsp3) is 0.269. The molecule has 5 rings (SSSR count). The number of aromatic nitrogens is 2. The maximum absolute atomic E-state index is 13.4. The van der Waals surface area contributed by atoms with Gasteiger partial charge in [0.2, 0.25) is 11.2 Å². The number of hydrogen-bond acceptors (Lipinski definition) is 10. The molecule has 0 bridgehead atoms. The van der Waals surface area contributed by atoms with Gasteiger partial charge in [-0.3, -0.25) is 24.3 Å². The third kappa shape index (κ3) is 6.04. The number of carbonyl (C=O) groups excluding carboxylic acids is 2. The second kappa shape index (κ2) is 12.0. The van der Waals surface area contributed by atoms with Crippen molar-refractivity contribution >= 4 is 46.4 Å². The van der Waals surface area contributed by atoms with Crippen LogP contribution in [0, 0.1) is 0 Å². The van der Waals surface area contributed by atoms with Crippen molar-refractivity contribution in [3.8, 4) is 11.5 Å². The predicted octanol–water partition coefficient (Wildman–Crippen LogP) is 2.06. The summed E-state index contributed by atoms with van der Waals surface area (Å²) >= 11 is 1.14. The van der Waals surface area contributed by atoms with Crippen LogP contribution < -0.4 is 29.5 Å². The quantitative estimate of drug-likeness (QED) is 0.331. The number of hydrogen-bond donors (Lipinski definition) is 1. The van der Waals surface area contributed by atoms with E-state index in [0.717, 1.165) is 17.3 Å². The Hall–Kier alpha value is -4.36. The van der Waals surface area contributed by atoms with Crippen LogP contribution in [-0.2, 0) is 14.3 Å². The van der Waals surface area contributed by atoms with Crippen molar-refractivity contribution in [3.05, 3.63) is 66.0 Å². The largest absolute Gasteiger partial charge is 0.493 e. The number of nitrogens with one attached hydrogen (secondary N) is 1. The average Bonchev–Trinajstić information content (AvgIpc) is 3.56. The van der Waals surface area contributed by atoms with E-state index in [4.69, 9.17) is 18.7 Å². The Balaban J connectivity index is 1.31. The number of morpholine rings is 1. The standard InChI is InChI=1S/C26H26N6O6S/c1-35-21-9-8-18(15-22(21)36-2)14-20-25(34)32(19-6-4-3-5-7-19)26(27-20)39-17-23(33)28-24-16-31(29-38-24)30-10-12-37-13-11-30/h3-9,14-16H,10-13,17H2,1-2H3/p+1/b20-14+. The van der Waals surface area contributed by atoms with E-state index in [9.17, 15) is 9.59 Å². The Kier molecular flexibility index (Phi) is 8.08. The summed E-state index contributed by atoms with van der Waals surface area (Å²) in [6.07, 6.45) is 3.28. The van der Waals surface area contributed by atoms with Crippen LogP contribution in [0.15, 0.2) is 69.9 Å². The van der Waals surface area contributed by atoms with E-state index in [1.807, 2.05) is 41.4 Å². The van der Waals surface area contributed by atoms with E-state index in [-0.39, 0.29) is 29.1 Å². The van der Waals surface area contributed by atoms with Crippen molar-refractivity contribution in [2.45, 2.75) is 0 Å². The molecular formula is C26H27N6O6S+. The molecule has 3 aromatic rings. The highest BCUT2D eigenvalue weighted by Gasteiger charge is 2.32. The first-order chi connectivity index (χ1) is 19.1. The molecule has 13 heteroatoms.